The molecular weight excluding hydrogens is 486 g/mol. The third kappa shape index (κ3) is 11.3. The quantitative estimate of drug-likeness (QED) is 0.177. The summed E-state index contributed by atoms with van der Waals surface area (Å²) >= 11 is 0. The highest BCUT2D eigenvalue weighted by atomic mass is 16.6. The normalized spacial score (nSPS) is 22.0. The number of aliphatic hydroxyl groups is 3. The fourth-order valence-corrected chi connectivity index (χ4v) is 3.93. The molecule has 1 amide bonds. The minimum Gasteiger partial charge on any atom is -0.394 e. The van der Waals surface area contributed by atoms with E-state index in [1.165, 1.54) is 37.9 Å². The third-order valence-corrected chi connectivity index (χ3v) is 6.12. The minimum absolute atomic E-state index is 0.0979. The predicted molar refractivity (Wildman–Crippen MR) is 149 cm³/mol. The summed E-state index contributed by atoms with van der Waals surface area (Å²) in [6.45, 7) is 1.72. The SMILES string of the molecule is CCCCC/C=C\C/C=C\C/C=C\C/C=C\CCCC(=O)Nc1ccn([C@@H]2O[C@H](CO)[C@@H](O)[C@@H]2O)c(=O)n1. The molecular formula is C29H43N3O6. The number of aliphatic hydroxyl groups excluding tert-OH is 3. The van der Waals surface area contributed by atoms with Crippen LogP contribution in [0.3, 0.4) is 0 Å². The maximum absolute atomic E-state index is 12.3. The zero-order valence-electron chi connectivity index (χ0n) is 22.3. The molecule has 0 spiro atoms. The van der Waals surface area contributed by atoms with Crippen LogP contribution < -0.4 is 11.0 Å². The van der Waals surface area contributed by atoms with Crippen molar-refractivity contribution in [2.75, 3.05) is 11.9 Å². The zero-order valence-corrected chi connectivity index (χ0v) is 22.3. The van der Waals surface area contributed by atoms with Crippen LogP contribution in [0.2, 0.25) is 0 Å². The highest BCUT2D eigenvalue weighted by molar-refractivity contribution is 5.89. The Morgan fingerprint density at radius 1 is 0.974 bits per heavy atom. The molecule has 210 valence electrons. The number of carbonyl (C=O) groups is 1. The maximum Gasteiger partial charge on any atom is 0.351 e. The van der Waals surface area contributed by atoms with Crippen LogP contribution in [-0.2, 0) is 9.53 Å². The number of nitrogens with zero attached hydrogens (tertiary/aromatic N) is 2. The molecule has 2 rings (SSSR count). The van der Waals surface area contributed by atoms with Gasteiger partial charge in [-0.25, -0.2) is 4.79 Å². The number of amides is 1. The van der Waals surface area contributed by atoms with Crippen molar-refractivity contribution in [3.05, 3.63) is 71.4 Å². The number of hydrogen-bond donors (Lipinski definition) is 4. The standard InChI is InChI=1S/C29H43N3O6/c1-2-3-4-5-6-7-8-9-10-11-12-13-14-15-16-17-18-19-25(34)30-24-20-21-32(29(37)31-24)28-27(36)26(35)23(22-33)38-28/h6-7,9-10,12-13,15-16,20-21,23,26-28,33,35-36H,2-5,8,11,14,17-19,22H2,1H3,(H,30,31,34,37)/b7-6-,10-9-,13-12-,16-15-/t23-,26-,27+,28-/m1/s1. The van der Waals surface area contributed by atoms with Gasteiger partial charge in [0.15, 0.2) is 6.23 Å². The molecule has 38 heavy (non-hydrogen) atoms. The summed E-state index contributed by atoms with van der Waals surface area (Å²) in [7, 11) is 0. The van der Waals surface area contributed by atoms with E-state index in [1.54, 1.807) is 0 Å². The maximum atomic E-state index is 12.3. The van der Waals surface area contributed by atoms with Crippen LogP contribution in [0.1, 0.15) is 77.4 Å². The van der Waals surface area contributed by atoms with Crippen LogP contribution in [0.25, 0.3) is 0 Å². The number of hydrogen-bond acceptors (Lipinski definition) is 7. The molecule has 0 bridgehead atoms. The summed E-state index contributed by atoms with van der Waals surface area (Å²) in [6, 6.07) is 1.42. The molecule has 1 aromatic heterocycles. The molecule has 0 unspecified atom stereocenters. The average Bonchev–Trinajstić information content (AvgIpc) is 3.19. The third-order valence-electron chi connectivity index (χ3n) is 6.12. The summed E-state index contributed by atoms with van der Waals surface area (Å²) in [4.78, 5) is 28.3. The zero-order chi connectivity index (χ0) is 27.6. The number of aromatic nitrogens is 2. The van der Waals surface area contributed by atoms with Crippen molar-refractivity contribution in [1.29, 1.82) is 0 Å². The molecule has 1 aliphatic rings. The number of ether oxygens (including phenoxy) is 1. The van der Waals surface area contributed by atoms with Crippen LogP contribution in [0, 0.1) is 0 Å². The second kappa shape index (κ2) is 18.4. The lowest BCUT2D eigenvalue weighted by atomic mass is 10.1. The molecule has 1 saturated heterocycles. The van der Waals surface area contributed by atoms with E-state index in [-0.39, 0.29) is 18.1 Å². The lowest BCUT2D eigenvalue weighted by molar-refractivity contribution is -0.116. The van der Waals surface area contributed by atoms with Crippen LogP contribution in [0.4, 0.5) is 5.82 Å². The average molecular weight is 530 g/mol. The van der Waals surface area contributed by atoms with Crippen LogP contribution in [0.5, 0.6) is 0 Å². The van der Waals surface area contributed by atoms with Gasteiger partial charge in [0.25, 0.3) is 0 Å². The van der Waals surface area contributed by atoms with Gasteiger partial charge in [-0.05, 0) is 51.0 Å². The Morgan fingerprint density at radius 3 is 2.13 bits per heavy atom. The second-order valence-electron chi connectivity index (χ2n) is 9.26. The first-order valence-electron chi connectivity index (χ1n) is 13.6. The number of unbranched alkanes of at least 4 members (excludes halogenated alkanes) is 4. The van der Waals surface area contributed by atoms with Gasteiger partial charge in [0, 0.05) is 12.6 Å². The van der Waals surface area contributed by atoms with Crippen molar-refractivity contribution < 1.29 is 24.9 Å². The van der Waals surface area contributed by atoms with E-state index < -0.39 is 36.8 Å². The highest BCUT2D eigenvalue weighted by Crippen LogP contribution is 2.28. The van der Waals surface area contributed by atoms with Gasteiger partial charge in [0.2, 0.25) is 5.91 Å². The minimum atomic E-state index is -1.38. The van der Waals surface area contributed by atoms with Crippen LogP contribution >= 0.6 is 0 Å². The lowest BCUT2D eigenvalue weighted by Gasteiger charge is -2.17. The number of rotatable bonds is 17. The van der Waals surface area contributed by atoms with Crippen molar-refractivity contribution in [1.82, 2.24) is 9.55 Å². The molecule has 4 atom stereocenters. The molecule has 9 heteroatoms. The van der Waals surface area contributed by atoms with Crippen molar-refractivity contribution in [3.8, 4) is 0 Å². The molecule has 1 aliphatic heterocycles. The largest absolute Gasteiger partial charge is 0.394 e. The first-order valence-corrected chi connectivity index (χ1v) is 13.6. The van der Waals surface area contributed by atoms with E-state index in [9.17, 15) is 24.9 Å². The van der Waals surface area contributed by atoms with E-state index in [0.717, 1.165) is 30.3 Å². The van der Waals surface area contributed by atoms with Crippen molar-refractivity contribution in [3.63, 3.8) is 0 Å². The number of anilines is 1. The molecule has 0 aromatic carbocycles. The topological polar surface area (TPSA) is 134 Å². The molecule has 4 N–H and O–H groups in total. The van der Waals surface area contributed by atoms with Crippen molar-refractivity contribution in [2.45, 2.75) is 95.7 Å². The smallest absolute Gasteiger partial charge is 0.351 e. The van der Waals surface area contributed by atoms with Gasteiger partial charge in [0.05, 0.1) is 6.61 Å². The molecule has 0 aliphatic carbocycles. The predicted octanol–water partition coefficient (Wildman–Crippen LogP) is 3.94. The Kier molecular flexibility index (Phi) is 15.2. The molecule has 1 aromatic rings. The van der Waals surface area contributed by atoms with E-state index >= 15 is 0 Å². The van der Waals surface area contributed by atoms with Crippen molar-refractivity contribution in [2.24, 2.45) is 0 Å². The Hall–Kier alpha value is -2.85. The summed E-state index contributed by atoms with van der Waals surface area (Å²) in [5, 5.41) is 31.7. The molecule has 0 radical (unpaired) electrons. The fraction of sp³-hybridized carbons (Fsp3) is 0.552. The van der Waals surface area contributed by atoms with Gasteiger partial charge in [0.1, 0.15) is 24.1 Å². The Balaban J connectivity index is 1.59. The summed E-state index contributed by atoms with van der Waals surface area (Å²) in [5.74, 6) is -0.154. The Labute approximate surface area is 225 Å². The monoisotopic (exact) mass is 529 g/mol. The molecule has 0 saturated carbocycles. The van der Waals surface area contributed by atoms with E-state index in [1.807, 2.05) is 0 Å². The van der Waals surface area contributed by atoms with Gasteiger partial charge in [-0.15, -0.1) is 0 Å². The summed E-state index contributed by atoms with van der Waals surface area (Å²) < 4.78 is 6.35. The highest BCUT2D eigenvalue weighted by Gasteiger charge is 2.43. The van der Waals surface area contributed by atoms with Gasteiger partial charge in [-0.2, -0.15) is 4.98 Å². The van der Waals surface area contributed by atoms with Crippen LogP contribution in [-0.4, -0.2) is 55.7 Å². The first kappa shape index (κ1) is 31.4. The van der Waals surface area contributed by atoms with Gasteiger partial charge in [-0.1, -0.05) is 68.4 Å². The van der Waals surface area contributed by atoms with E-state index in [2.05, 4.69) is 65.8 Å². The van der Waals surface area contributed by atoms with Crippen molar-refractivity contribution >= 4 is 11.7 Å². The number of carbonyl (C=O) groups excluding carboxylic acids is 1. The molecule has 1 fully saturated rings. The first-order chi connectivity index (χ1) is 18.5. The summed E-state index contributed by atoms with van der Waals surface area (Å²) in [5.41, 5.74) is -0.751. The van der Waals surface area contributed by atoms with Gasteiger partial charge in [-0.3, -0.25) is 9.36 Å². The fourth-order valence-electron chi connectivity index (χ4n) is 3.93. The molecule has 2 heterocycles. The second-order valence-corrected chi connectivity index (χ2v) is 9.26. The Bertz CT molecular complexity index is 1000. The number of nitrogens with one attached hydrogen (secondary N) is 1. The summed E-state index contributed by atoms with van der Waals surface area (Å²) in [6.07, 6.45) is 23.2. The number of allylic oxidation sites excluding steroid dienone is 8. The van der Waals surface area contributed by atoms with E-state index in [0.29, 0.717) is 6.42 Å². The van der Waals surface area contributed by atoms with Gasteiger partial charge < -0.3 is 25.4 Å². The van der Waals surface area contributed by atoms with E-state index in [4.69, 9.17) is 4.74 Å². The molecule has 9 nitrogen and oxygen atoms in total. The lowest BCUT2D eigenvalue weighted by Crippen LogP contribution is -2.36. The van der Waals surface area contributed by atoms with Crippen LogP contribution in [0.15, 0.2) is 65.7 Å². The Morgan fingerprint density at radius 2 is 1.58 bits per heavy atom. The van der Waals surface area contributed by atoms with Gasteiger partial charge >= 0.3 is 5.69 Å².